The Hall–Kier alpha value is -1.63. The largest absolute Gasteiger partial charge is 0.207 e. The van der Waals surface area contributed by atoms with Crippen molar-refractivity contribution in [2.75, 3.05) is 0 Å². The maximum Gasteiger partial charge on any atom is 0.127 e. The summed E-state index contributed by atoms with van der Waals surface area (Å²) in [5.74, 6) is -0.0692. The van der Waals surface area contributed by atoms with Crippen molar-refractivity contribution in [3.05, 3.63) is 71.7 Å². The molecule has 1 rings (SSSR count). The molecule has 0 saturated carbocycles. The van der Waals surface area contributed by atoms with Crippen molar-refractivity contribution >= 4 is 0 Å². The topological polar surface area (TPSA) is 0 Å². The van der Waals surface area contributed by atoms with E-state index in [1.807, 2.05) is 45.1 Å². The lowest BCUT2D eigenvalue weighted by atomic mass is 9.56. The highest BCUT2D eigenvalue weighted by atomic mass is 19.1. The van der Waals surface area contributed by atoms with E-state index in [0.29, 0.717) is 0 Å². The molecule has 0 aromatic carbocycles. The smallest absolute Gasteiger partial charge is 0.127 e. The summed E-state index contributed by atoms with van der Waals surface area (Å²) in [5, 5.41) is 0. The fourth-order valence-electron chi connectivity index (χ4n) is 3.44. The molecule has 0 aromatic rings. The standard InChI is InChI=1S/C23H33F/c1-9-11-12-13-18(4)21-19(15-17(3)16-20(21)24)23(8,14-10-2)22(5,6)7/h9-14,16,19H,4,15H2,1-3,5-8H3/b11-9-,13-12-,14-10?. The van der Waals surface area contributed by atoms with Crippen molar-refractivity contribution in [1.82, 2.24) is 0 Å². The predicted molar refractivity (Wildman–Crippen MR) is 105 cm³/mol. The quantitative estimate of drug-likeness (QED) is 0.362. The lowest BCUT2D eigenvalue weighted by Gasteiger charge is -2.48. The molecule has 0 aromatic heterocycles. The molecule has 1 heteroatoms. The third-order valence-electron chi connectivity index (χ3n) is 5.30. The molecule has 0 amide bonds. The normalized spacial score (nSPS) is 22.5. The van der Waals surface area contributed by atoms with Gasteiger partial charge in [0.05, 0.1) is 0 Å². The zero-order chi connectivity index (χ0) is 18.5. The molecule has 0 aliphatic heterocycles. The molecule has 132 valence electrons. The molecule has 1 aliphatic rings. The van der Waals surface area contributed by atoms with E-state index in [1.54, 1.807) is 6.08 Å². The summed E-state index contributed by atoms with van der Waals surface area (Å²) in [7, 11) is 0. The molecule has 0 N–H and O–H groups in total. The molecule has 1 aliphatic carbocycles. The highest BCUT2D eigenvalue weighted by Crippen LogP contribution is 2.54. The average Bonchev–Trinajstić information content (AvgIpc) is 2.45. The van der Waals surface area contributed by atoms with Crippen molar-refractivity contribution < 1.29 is 4.39 Å². The molecule has 0 heterocycles. The second kappa shape index (κ2) is 7.96. The van der Waals surface area contributed by atoms with Gasteiger partial charge in [0.25, 0.3) is 0 Å². The Labute approximate surface area is 148 Å². The Kier molecular flexibility index (Phi) is 6.77. The molecule has 0 saturated heterocycles. The molecule has 2 atom stereocenters. The maximum absolute atomic E-state index is 14.9. The second-order valence-electron chi connectivity index (χ2n) is 7.95. The minimum Gasteiger partial charge on any atom is -0.207 e. The van der Waals surface area contributed by atoms with Crippen LogP contribution in [-0.4, -0.2) is 0 Å². The number of rotatable bonds is 5. The molecule has 24 heavy (non-hydrogen) atoms. The highest BCUT2D eigenvalue weighted by Gasteiger charge is 2.45. The zero-order valence-corrected chi connectivity index (χ0v) is 16.4. The molecular formula is C23H33F. The summed E-state index contributed by atoms with van der Waals surface area (Å²) >= 11 is 0. The van der Waals surface area contributed by atoms with Crippen LogP contribution in [0.1, 0.15) is 54.9 Å². The van der Waals surface area contributed by atoms with E-state index in [2.05, 4.69) is 46.4 Å². The first-order valence-electron chi connectivity index (χ1n) is 8.77. The number of hydrogen-bond acceptors (Lipinski definition) is 0. The monoisotopic (exact) mass is 328 g/mol. The third kappa shape index (κ3) is 4.26. The number of hydrogen-bond donors (Lipinski definition) is 0. The number of halogens is 1. The van der Waals surface area contributed by atoms with Crippen LogP contribution in [0.5, 0.6) is 0 Å². The van der Waals surface area contributed by atoms with Crippen LogP contribution in [-0.2, 0) is 0 Å². The van der Waals surface area contributed by atoms with Crippen LogP contribution in [0.4, 0.5) is 4.39 Å². The molecule has 0 radical (unpaired) electrons. The predicted octanol–water partition coefficient (Wildman–Crippen LogP) is 7.49. The molecule has 0 bridgehead atoms. The lowest BCUT2D eigenvalue weighted by Crippen LogP contribution is -2.40. The van der Waals surface area contributed by atoms with Crippen LogP contribution in [0, 0.1) is 16.7 Å². The summed E-state index contributed by atoms with van der Waals surface area (Å²) in [6, 6.07) is 0. The van der Waals surface area contributed by atoms with Crippen LogP contribution in [0.2, 0.25) is 0 Å². The van der Waals surface area contributed by atoms with Gasteiger partial charge in [-0.05, 0) is 55.2 Å². The van der Waals surface area contributed by atoms with Gasteiger partial charge in [0.1, 0.15) is 5.83 Å². The van der Waals surface area contributed by atoms with Crippen molar-refractivity contribution in [2.24, 2.45) is 16.7 Å². The van der Waals surface area contributed by atoms with E-state index in [1.165, 1.54) is 0 Å². The zero-order valence-electron chi connectivity index (χ0n) is 16.4. The Morgan fingerprint density at radius 1 is 1.17 bits per heavy atom. The summed E-state index contributed by atoms with van der Waals surface area (Å²) in [5.41, 5.74) is 2.43. The van der Waals surface area contributed by atoms with Crippen LogP contribution >= 0.6 is 0 Å². The second-order valence-corrected chi connectivity index (χ2v) is 7.95. The Morgan fingerprint density at radius 2 is 1.79 bits per heavy atom. The maximum atomic E-state index is 14.9. The fraction of sp³-hybridized carbons (Fsp3) is 0.478. The van der Waals surface area contributed by atoms with E-state index in [4.69, 9.17) is 0 Å². The van der Waals surface area contributed by atoms with Crippen molar-refractivity contribution in [3.63, 3.8) is 0 Å². The van der Waals surface area contributed by atoms with E-state index in [0.717, 1.165) is 23.1 Å². The lowest BCUT2D eigenvalue weighted by molar-refractivity contribution is 0.105. The van der Waals surface area contributed by atoms with Gasteiger partial charge in [-0.15, -0.1) is 0 Å². The molecule has 0 spiro atoms. The fourth-order valence-corrected chi connectivity index (χ4v) is 3.44. The summed E-state index contributed by atoms with van der Waals surface area (Å²) in [4.78, 5) is 0. The van der Waals surface area contributed by atoms with Gasteiger partial charge in [-0.2, -0.15) is 0 Å². The van der Waals surface area contributed by atoms with Gasteiger partial charge in [-0.25, -0.2) is 4.39 Å². The van der Waals surface area contributed by atoms with Crippen molar-refractivity contribution in [2.45, 2.75) is 54.9 Å². The van der Waals surface area contributed by atoms with Crippen LogP contribution in [0.15, 0.2) is 71.7 Å². The Bertz CT molecular complexity index is 617. The molecule has 0 nitrogen and oxygen atoms in total. The molecular weight excluding hydrogens is 295 g/mol. The first-order chi connectivity index (χ1) is 11.1. The summed E-state index contributed by atoms with van der Waals surface area (Å²) in [6.45, 7) is 19.1. The van der Waals surface area contributed by atoms with Gasteiger partial charge in [0.2, 0.25) is 0 Å². The number of allylic oxidation sites excluding steroid dienone is 11. The molecule has 2 unspecified atom stereocenters. The summed E-state index contributed by atoms with van der Waals surface area (Å²) < 4.78 is 14.9. The first-order valence-corrected chi connectivity index (χ1v) is 8.77. The first kappa shape index (κ1) is 20.4. The third-order valence-corrected chi connectivity index (χ3v) is 5.30. The Morgan fingerprint density at radius 3 is 2.29 bits per heavy atom. The van der Waals surface area contributed by atoms with Crippen molar-refractivity contribution in [3.8, 4) is 0 Å². The van der Waals surface area contributed by atoms with Crippen LogP contribution in [0.25, 0.3) is 0 Å². The molecule has 0 fully saturated rings. The SMILES string of the molecule is C=C(/C=C\C=C/C)C1=C(F)C=C(C)CC1C(C)(C=CC)C(C)(C)C. The van der Waals surface area contributed by atoms with Gasteiger partial charge in [-0.3, -0.25) is 0 Å². The van der Waals surface area contributed by atoms with Gasteiger partial charge >= 0.3 is 0 Å². The van der Waals surface area contributed by atoms with Crippen LogP contribution < -0.4 is 0 Å². The minimum absolute atomic E-state index is 0.000637. The Balaban J connectivity index is 3.49. The van der Waals surface area contributed by atoms with Crippen LogP contribution in [0.3, 0.4) is 0 Å². The van der Waals surface area contributed by atoms with E-state index >= 15 is 0 Å². The van der Waals surface area contributed by atoms with E-state index < -0.39 is 0 Å². The van der Waals surface area contributed by atoms with Gasteiger partial charge in [0.15, 0.2) is 0 Å². The van der Waals surface area contributed by atoms with Gasteiger partial charge in [-0.1, -0.05) is 76.3 Å². The van der Waals surface area contributed by atoms with Gasteiger partial charge < -0.3 is 0 Å². The highest BCUT2D eigenvalue weighted by molar-refractivity contribution is 5.49. The van der Waals surface area contributed by atoms with Crippen molar-refractivity contribution in [1.29, 1.82) is 0 Å². The average molecular weight is 329 g/mol. The minimum atomic E-state index is -0.165. The van der Waals surface area contributed by atoms with Gasteiger partial charge in [0, 0.05) is 5.92 Å². The van der Waals surface area contributed by atoms with E-state index in [9.17, 15) is 4.39 Å². The van der Waals surface area contributed by atoms with E-state index in [-0.39, 0.29) is 22.6 Å². The summed E-state index contributed by atoms with van der Waals surface area (Å²) in [6.07, 6.45) is 14.6.